The molecule has 1 heterocycles. The molecular formula is C13H21N3O. The summed E-state index contributed by atoms with van der Waals surface area (Å²) in [5.74, 6) is 0.494. The molecule has 2 N–H and O–H groups in total. The first-order valence-electron chi connectivity index (χ1n) is 6.04. The van der Waals surface area contributed by atoms with Crippen LogP contribution in [0.25, 0.3) is 0 Å². The van der Waals surface area contributed by atoms with E-state index in [0.717, 1.165) is 13.0 Å². The van der Waals surface area contributed by atoms with Crippen molar-refractivity contribution < 1.29 is 4.79 Å². The molecule has 0 aromatic carbocycles. The first-order valence-corrected chi connectivity index (χ1v) is 6.04. The monoisotopic (exact) mass is 235 g/mol. The number of carbonyl (C=O) groups excluding carboxylic acids is 1. The average Bonchev–Trinajstić information content (AvgIpc) is 2.34. The highest BCUT2D eigenvalue weighted by atomic mass is 16.2. The summed E-state index contributed by atoms with van der Waals surface area (Å²) in [6, 6.07) is 3.58. The van der Waals surface area contributed by atoms with E-state index in [1.165, 1.54) is 0 Å². The second kappa shape index (κ2) is 7.01. The highest BCUT2D eigenvalue weighted by molar-refractivity contribution is 5.93. The van der Waals surface area contributed by atoms with Crippen LogP contribution in [0.3, 0.4) is 0 Å². The lowest BCUT2D eigenvalue weighted by molar-refractivity contribution is 0.0735. The van der Waals surface area contributed by atoms with Crippen molar-refractivity contribution in [1.29, 1.82) is 0 Å². The van der Waals surface area contributed by atoms with Crippen molar-refractivity contribution >= 4 is 5.91 Å². The number of hydrogen-bond acceptors (Lipinski definition) is 3. The van der Waals surface area contributed by atoms with Crippen LogP contribution in [0.5, 0.6) is 0 Å². The summed E-state index contributed by atoms with van der Waals surface area (Å²) in [4.78, 5) is 18.1. The number of amides is 1. The molecule has 0 radical (unpaired) electrons. The number of nitrogens with zero attached hydrogens (tertiary/aromatic N) is 2. The van der Waals surface area contributed by atoms with E-state index in [0.29, 0.717) is 24.6 Å². The molecule has 0 fully saturated rings. The van der Waals surface area contributed by atoms with Crippen molar-refractivity contribution in [2.75, 3.05) is 19.6 Å². The molecular weight excluding hydrogens is 214 g/mol. The molecule has 0 saturated carbocycles. The highest BCUT2D eigenvalue weighted by Gasteiger charge is 2.16. The maximum Gasteiger partial charge on any atom is 0.255 e. The minimum atomic E-state index is 0.0419. The van der Waals surface area contributed by atoms with Crippen molar-refractivity contribution in [2.45, 2.75) is 20.3 Å². The zero-order valence-corrected chi connectivity index (χ0v) is 10.6. The van der Waals surface area contributed by atoms with E-state index in [1.54, 1.807) is 24.5 Å². The van der Waals surface area contributed by atoms with Gasteiger partial charge in [-0.2, -0.15) is 0 Å². The fourth-order valence-corrected chi connectivity index (χ4v) is 1.67. The van der Waals surface area contributed by atoms with Gasteiger partial charge in [0.25, 0.3) is 5.91 Å². The topological polar surface area (TPSA) is 59.2 Å². The molecule has 0 unspecified atom stereocenters. The molecule has 0 aliphatic rings. The Bertz CT molecular complexity index is 338. The summed E-state index contributed by atoms with van der Waals surface area (Å²) in [6.07, 6.45) is 4.11. The summed E-state index contributed by atoms with van der Waals surface area (Å²) < 4.78 is 0. The van der Waals surface area contributed by atoms with Gasteiger partial charge in [0.2, 0.25) is 0 Å². The van der Waals surface area contributed by atoms with E-state index in [9.17, 15) is 4.79 Å². The number of nitrogens with two attached hydrogens (primary N) is 1. The van der Waals surface area contributed by atoms with E-state index in [-0.39, 0.29) is 5.91 Å². The molecule has 4 nitrogen and oxygen atoms in total. The summed E-state index contributed by atoms with van der Waals surface area (Å²) in [6.45, 7) is 6.28. The molecule has 94 valence electrons. The Morgan fingerprint density at radius 3 is 2.82 bits per heavy atom. The first kappa shape index (κ1) is 13.6. The minimum absolute atomic E-state index is 0.0419. The third-order valence-electron chi connectivity index (χ3n) is 2.41. The van der Waals surface area contributed by atoms with Gasteiger partial charge in [0.1, 0.15) is 0 Å². The lowest BCUT2D eigenvalue weighted by Gasteiger charge is -2.24. The first-order chi connectivity index (χ1) is 8.15. The molecule has 0 aliphatic heterocycles. The summed E-state index contributed by atoms with van der Waals surface area (Å²) in [5.41, 5.74) is 6.14. The van der Waals surface area contributed by atoms with Crippen LogP contribution in [0, 0.1) is 5.92 Å². The van der Waals surface area contributed by atoms with Crippen LogP contribution in [0.2, 0.25) is 0 Å². The van der Waals surface area contributed by atoms with Gasteiger partial charge in [-0.3, -0.25) is 9.78 Å². The Morgan fingerprint density at radius 2 is 2.29 bits per heavy atom. The molecule has 1 amide bonds. The van der Waals surface area contributed by atoms with Crippen molar-refractivity contribution in [3.8, 4) is 0 Å². The van der Waals surface area contributed by atoms with E-state index in [4.69, 9.17) is 5.73 Å². The molecule has 0 spiro atoms. The van der Waals surface area contributed by atoms with Gasteiger partial charge in [0, 0.05) is 25.5 Å². The Labute approximate surface area is 103 Å². The predicted molar refractivity (Wildman–Crippen MR) is 68.6 cm³/mol. The number of rotatable bonds is 6. The third-order valence-corrected chi connectivity index (χ3v) is 2.41. The molecule has 4 heteroatoms. The smallest absolute Gasteiger partial charge is 0.255 e. The SMILES string of the molecule is CC(C)CN(CCCN)C(=O)c1cccnc1. The molecule has 1 rings (SSSR count). The third kappa shape index (κ3) is 4.53. The number of aromatic nitrogens is 1. The van der Waals surface area contributed by atoms with E-state index in [2.05, 4.69) is 18.8 Å². The summed E-state index contributed by atoms with van der Waals surface area (Å²) >= 11 is 0. The number of pyridine rings is 1. The van der Waals surface area contributed by atoms with Crippen LogP contribution in [-0.4, -0.2) is 35.4 Å². The summed E-state index contributed by atoms with van der Waals surface area (Å²) in [5, 5.41) is 0. The molecule has 0 bridgehead atoms. The standard InChI is InChI=1S/C13H21N3O/c1-11(2)10-16(8-4-6-14)13(17)12-5-3-7-15-9-12/h3,5,7,9,11H,4,6,8,10,14H2,1-2H3. The Kier molecular flexibility index (Phi) is 5.63. The molecule has 0 saturated heterocycles. The second-order valence-electron chi connectivity index (χ2n) is 4.53. The largest absolute Gasteiger partial charge is 0.338 e. The van der Waals surface area contributed by atoms with Crippen molar-refractivity contribution in [1.82, 2.24) is 9.88 Å². The van der Waals surface area contributed by atoms with E-state index in [1.807, 2.05) is 4.90 Å². The van der Waals surface area contributed by atoms with Crippen LogP contribution in [0.4, 0.5) is 0 Å². The highest BCUT2D eigenvalue weighted by Crippen LogP contribution is 2.07. The second-order valence-corrected chi connectivity index (χ2v) is 4.53. The number of carbonyl (C=O) groups is 1. The Morgan fingerprint density at radius 1 is 1.53 bits per heavy atom. The molecule has 1 aromatic rings. The maximum absolute atomic E-state index is 12.2. The van der Waals surface area contributed by atoms with Gasteiger partial charge < -0.3 is 10.6 Å². The van der Waals surface area contributed by atoms with E-state index >= 15 is 0 Å². The van der Waals surface area contributed by atoms with Crippen LogP contribution in [-0.2, 0) is 0 Å². The van der Waals surface area contributed by atoms with Gasteiger partial charge in [-0.25, -0.2) is 0 Å². The van der Waals surface area contributed by atoms with Crippen LogP contribution in [0.15, 0.2) is 24.5 Å². The Hall–Kier alpha value is -1.42. The molecule has 0 atom stereocenters. The van der Waals surface area contributed by atoms with Crippen molar-refractivity contribution in [2.24, 2.45) is 11.7 Å². The fourth-order valence-electron chi connectivity index (χ4n) is 1.67. The zero-order chi connectivity index (χ0) is 12.7. The minimum Gasteiger partial charge on any atom is -0.338 e. The number of hydrogen-bond donors (Lipinski definition) is 1. The quantitative estimate of drug-likeness (QED) is 0.813. The molecule has 1 aromatic heterocycles. The van der Waals surface area contributed by atoms with Crippen molar-refractivity contribution in [3.63, 3.8) is 0 Å². The van der Waals surface area contributed by atoms with Crippen LogP contribution in [0.1, 0.15) is 30.6 Å². The van der Waals surface area contributed by atoms with Crippen LogP contribution < -0.4 is 5.73 Å². The van der Waals surface area contributed by atoms with Gasteiger partial charge in [-0.05, 0) is 31.0 Å². The average molecular weight is 235 g/mol. The van der Waals surface area contributed by atoms with Crippen molar-refractivity contribution in [3.05, 3.63) is 30.1 Å². The van der Waals surface area contributed by atoms with Gasteiger partial charge in [0.05, 0.1) is 5.56 Å². The lowest BCUT2D eigenvalue weighted by Crippen LogP contribution is -2.35. The van der Waals surface area contributed by atoms with Gasteiger partial charge in [-0.15, -0.1) is 0 Å². The molecule has 0 aliphatic carbocycles. The van der Waals surface area contributed by atoms with E-state index < -0.39 is 0 Å². The normalized spacial score (nSPS) is 10.6. The fraction of sp³-hybridized carbons (Fsp3) is 0.538. The zero-order valence-electron chi connectivity index (χ0n) is 10.6. The van der Waals surface area contributed by atoms with Gasteiger partial charge in [-0.1, -0.05) is 13.8 Å². The molecule has 17 heavy (non-hydrogen) atoms. The van der Waals surface area contributed by atoms with Crippen LogP contribution >= 0.6 is 0 Å². The predicted octanol–water partition coefficient (Wildman–Crippen LogP) is 1.53. The van der Waals surface area contributed by atoms with Gasteiger partial charge >= 0.3 is 0 Å². The lowest BCUT2D eigenvalue weighted by atomic mass is 10.1. The van der Waals surface area contributed by atoms with Gasteiger partial charge in [0.15, 0.2) is 0 Å². The maximum atomic E-state index is 12.2. The Balaban J connectivity index is 2.71. The summed E-state index contributed by atoms with van der Waals surface area (Å²) in [7, 11) is 0.